The lowest BCUT2D eigenvalue weighted by Crippen LogP contribution is -2.01. The fourth-order valence-electron chi connectivity index (χ4n) is 0.813. The summed E-state index contributed by atoms with van der Waals surface area (Å²) in [5, 5.41) is 0. The van der Waals surface area contributed by atoms with Gasteiger partial charge in [-0.15, -0.1) is 0 Å². The molecule has 2 heteroatoms. The smallest absolute Gasteiger partial charge is 0.330 e. The Balaban J connectivity index is 3.14. The normalized spacial score (nSPS) is 10.5. The molecular formula is C10H17O2. The molecule has 0 saturated carbocycles. The topological polar surface area (TPSA) is 26.3 Å². The van der Waals surface area contributed by atoms with E-state index in [1.54, 1.807) is 13.0 Å². The van der Waals surface area contributed by atoms with E-state index in [1.165, 1.54) is 6.08 Å². The van der Waals surface area contributed by atoms with Crippen molar-refractivity contribution in [3.63, 3.8) is 0 Å². The summed E-state index contributed by atoms with van der Waals surface area (Å²) in [5.41, 5.74) is 0. The molecule has 0 bridgehead atoms. The molecule has 0 spiro atoms. The number of rotatable bonds is 6. The minimum atomic E-state index is -0.243. The Labute approximate surface area is 74.6 Å². The van der Waals surface area contributed by atoms with E-state index in [1.807, 2.05) is 0 Å². The standard InChI is InChI=1S/C10H17O2/c1-3-5-6-7-9-12-10(11)8-4-2/h4,8H,1,3,5-7,9H2,2H3/b8-4+. The third-order valence-electron chi connectivity index (χ3n) is 1.44. The van der Waals surface area contributed by atoms with Gasteiger partial charge in [0.25, 0.3) is 0 Å². The van der Waals surface area contributed by atoms with Crippen LogP contribution in [0.2, 0.25) is 0 Å². The first-order valence-electron chi connectivity index (χ1n) is 4.40. The fourth-order valence-corrected chi connectivity index (χ4v) is 0.813. The Morgan fingerprint density at radius 1 is 1.42 bits per heavy atom. The molecule has 0 aromatic heterocycles. The fraction of sp³-hybridized carbons (Fsp3) is 0.600. The molecule has 12 heavy (non-hydrogen) atoms. The van der Waals surface area contributed by atoms with Crippen LogP contribution in [0.5, 0.6) is 0 Å². The summed E-state index contributed by atoms with van der Waals surface area (Å²) < 4.78 is 4.88. The number of allylic oxidation sites excluding steroid dienone is 1. The van der Waals surface area contributed by atoms with E-state index in [9.17, 15) is 4.79 Å². The summed E-state index contributed by atoms with van der Waals surface area (Å²) in [4.78, 5) is 10.8. The second kappa shape index (κ2) is 8.31. The molecule has 0 aromatic rings. The summed E-state index contributed by atoms with van der Waals surface area (Å²) in [6.07, 6.45) is 7.22. The number of hydrogen-bond donors (Lipinski definition) is 0. The van der Waals surface area contributed by atoms with Crippen molar-refractivity contribution in [3.05, 3.63) is 19.1 Å². The molecule has 0 aliphatic rings. The van der Waals surface area contributed by atoms with Crippen LogP contribution < -0.4 is 0 Å². The molecule has 2 nitrogen and oxygen atoms in total. The zero-order chi connectivity index (χ0) is 9.23. The van der Waals surface area contributed by atoms with Crippen molar-refractivity contribution in [2.45, 2.75) is 32.6 Å². The number of carbonyl (C=O) groups is 1. The van der Waals surface area contributed by atoms with Crippen molar-refractivity contribution in [1.29, 1.82) is 0 Å². The van der Waals surface area contributed by atoms with E-state index in [0.717, 1.165) is 25.7 Å². The van der Waals surface area contributed by atoms with Crippen LogP contribution in [-0.4, -0.2) is 12.6 Å². The Morgan fingerprint density at radius 3 is 2.75 bits per heavy atom. The lowest BCUT2D eigenvalue weighted by molar-refractivity contribution is -0.137. The maximum atomic E-state index is 10.8. The molecule has 0 atom stereocenters. The van der Waals surface area contributed by atoms with Gasteiger partial charge in [0.1, 0.15) is 0 Å². The van der Waals surface area contributed by atoms with E-state index in [4.69, 9.17) is 4.74 Å². The van der Waals surface area contributed by atoms with E-state index < -0.39 is 0 Å². The van der Waals surface area contributed by atoms with Crippen LogP contribution in [0.25, 0.3) is 0 Å². The predicted octanol–water partition coefficient (Wildman–Crippen LogP) is 2.50. The van der Waals surface area contributed by atoms with Crippen LogP contribution in [0.4, 0.5) is 0 Å². The van der Waals surface area contributed by atoms with Gasteiger partial charge in [0.2, 0.25) is 0 Å². The van der Waals surface area contributed by atoms with Crippen LogP contribution in [-0.2, 0) is 9.53 Å². The summed E-state index contributed by atoms with van der Waals surface area (Å²) in [5.74, 6) is -0.243. The van der Waals surface area contributed by atoms with E-state index in [-0.39, 0.29) is 5.97 Å². The van der Waals surface area contributed by atoms with Crippen molar-refractivity contribution in [2.75, 3.05) is 6.61 Å². The molecule has 0 heterocycles. The molecule has 0 N–H and O–H groups in total. The van der Waals surface area contributed by atoms with Crippen LogP contribution >= 0.6 is 0 Å². The monoisotopic (exact) mass is 169 g/mol. The highest BCUT2D eigenvalue weighted by molar-refractivity contribution is 5.81. The van der Waals surface area contributed by atoms with Gasteiger partial charge in [-0.1, -0.05) is 32.3 Å². The summed E-state index contributed by atoms with van der Waals surface area (Å²) >= 11 is 0. The maximum Gasteiger partial charge on any atom is 0.330 e. The van der Waals surface area contributed by atoms with Gasteiger partial charge in [-0.2, -0.15) is 0 Å². The molecule has 0 aliphatic heterocycles. The molecule has 0 aromatic carbocycles. The minimum absolute atomic E-state index is 0.243. The number of esters is 1. The third-order valence-corrected chi connectivity index (χ3v) is 1.44. The van der Waals surface area contributed by atoms with Gasteiger partial charge in [0.05, 0.1) is 6.61 Å². The zero-order valence-electron chi connectivity index (χ0n) is 7.71. The highest BCUT2D eigenvalue weighted by Gasteiger charge is 1.94. The number of hydrogen-bond acceptors (Lipinski definition) is 2. The quantitative estimate of drug-likeness (QED) is 0.347. The first-order chi connectivity index (χ1) is 5.81. The molecular weight excluding hydrogens is 152 g/mol. The SMILES string of the molecule is [CH2]CCCCCOC(=O)/C=C/C. The largest absolute Gasteiger partial charge is 0.463 e. The van der Waals surface area contributed by atoms with Gasteiger partial charge in [-0.3, -0.25) is 0 Å². The molecule has 69 valence electrons. The molecule has 0 rings (SSSR count). The van der Waals surface area contributed by atoms with Crippen molar-refractivity contribution < 1.29 is 9.53 Å². The first-order valence-corrected chi connectivity index (χ1v) is 4.40. The number of carbonyl (C=O) groups excluding carboxylic acids is 1. The number of unbranched alkanes of at least 4 members (excludes halogenated alkanes) is 3. The van der Waals surface area contributed by atoms with Crippen LogP contribution in [0.3, 0.4) is 0 Å². The second-order valence-corrected chi connectivity index (χ2v) is 2.58. The van der Waals surface area contributed by atoms with Crippen molar-refractivity contribution >= 4 is 5.97 Å². The van der Waals surface area contributed by atoms with E-state index in [2.05, 4.69) is 6.92 Å². The maximum absolute atomic E-state index is 10.8. The number of ether oxygens (including phenoxy) is 1. The van der Waals surface area contributed by atoms with Crippen molar-refractivity contribution in [3.8, 4) is 0 Å². The highest BCUT2D eigenvalue weighted by Crippen LogP contribution is 1.98. The average molecular weight is 169 g/mol. The van der Waals surface area contributed by atoms with Gasteiger partial charge < -0.3 is 4.74 Å². The van der Waals surface area contributed by atoms with Gasteiger partial charge >= 0.3 is 5.97 Å². The lowest BCUT2D eigenvalue weighted by Gasteiger charge is -2.00. The predicted molar refractivity (Wildman–Crippen MR) is 49.6 cm³/mol. The minimum Gasteiger partial charge on any atom is -0.463 e. The highest BCUT2D eigenvalue weighted by atomic mass is 16.5. The molecule has 0 amide bonds. The van der Waals surface area contributed by atoms with Gasteiger partial charge in [0.15, 0.2) is 0 Å². The molecule has 1 radical (unpaired) electrons. The van der Waals surface area contributed by atoms with E-state index >= 15 is 0 Å². The molecule has 0 fully saturated rings. The Bertz CT molecular complexity index is 139. The zero-order valence-corrected chi connectivity index (χ0v) is 7.71. The van der Waals surface area contributed by atoms with E-state index in [0.29, 0.717) is 6.61 Å². The van der Waals surface area contributed by atoms with Crippen LogP contribution in [0.1, 0.15) is 32.6 Å². The first kappa shape index (κ1) is 11.2. The average Bonchev–Trinajstić information content (AvgIpc) is 2.05. The molecule has 0 aliphatic carbocycles. The van der Waals surface area contributed by atoms with Crippen LogP contribution in [0.15, 0.2) is 12.2 Å². The summed E-state index contributed by atoms with van der Waals surface area (Å²) in [7, 11) is 0. The lowest BCUT2D eigenvalue weighted by atomic mass is 10.2. The Morgan fingerprint density at radius 2 is 2.17 bits per heavy atom. The van der Waals surface area contributed by atoms with Crippen molar-refractivity contribution in [2.24, 2.45) is 0 Å². The van der Waals surface area contributed by atoms with Gasteiger partial charge in [0, 0.05) is 6.08 Å². The molecule has 0 saturated heterocycles. The van der Waals surface area contributed by atoms with Gasteiger partial charge in [-0.25, -0.2) is 4.79 Å². The molecule has 0 unspecified atom stereocenters. The summed E-state index contributed by atoms with van der Waals surface area (Å²) in [6.45, 7) is 6.06. The summed E-state index contributed by atoms with van der Waals surface area (Å²) in [6, 6.07) is 0. The van der Waals surface area contributed by atoms with Gasteiger partial charge in [-0.05, 0) is 13.3 Å². The Hall–Kier alpha value is -0.790. The van der Waals surface area contributed by atoms with Crippen LogP contribution in [0, 0.1) is 6.92 Å². The Kier molecular flexibility index (Phi) is 7.76. The second-order valence-electron chi connectivity index (χ2n) is 2.58. The third kappa shape index (κ3) is 7.32. The van der Waals surface area contributed by atoms with Crippen molar-refractivity contribution in [1.82, 2.24) is 0 Å².